The molecule has 0 bridgehead atoms. The first-order valence-electron chi connectivity index (χ1n) is 9.30. The molecule has 1 unspecified atom stereocenters. The predicted octanol–water partition coefficient (Wildman–Crippen LogP) is 2.37. The summed E-state index contributed by atoms with van der Waals surface area (Å²) in [7, 11) is -3.58. The van der Waals surface area contributed by atoms with Crippen LogP contribution in [0.15, 0.2) is 39.9 Å². The normalized spacial score (nSPS) is 17.7. The third-order valence-corrected chi connectivity index (χ3v) is 8.35. The Bertz CT molecular complexity index is 1080. The molecule has 31 heavy (non-hydrogen) atoms. The topological polar surface area (TPSA) is 81.1 Å². The SMILES string of the molecule is CC(O)(c1ccc(N2CCN(S(=O)(=O)c3cccs3)CC2)c(C#CCO)c1)C(F)(F)F. The van der Waals surface area contributed by atoms with Gasteiger partial charge >= 0.3 is 6.18 Å². The van der Waals surface area contributed by atoms with Gasteiger partial charge in [0.15, 0.2) is 5.60 Å². The minimum Gasteiger partial charge on any atom is -0.384 e. The largest absolute Gasteiger partial charge is 0.421 e. The quantitative estimate of drug-likeness (QED) is 0.666. The van der Waals surface area contributed by atoms with Gasteiger partial charge in [0.25, 0.3) is 10.0 Å². The van der Waals surface area contributed by atoms with Crippen LogP contribution in [0.5, 0.6) is 0 Å². The third kappa shape index (κ3) is 4.73. The van der Waals surface area contributed by atoms with Gasteiger partial charge in [-0.15, -0.1) is 11.3 Å². The molecule has 2 aromatic rings. The highest BCUT2D eigenvalue weighted by Crippen LogP contribution is 2.40. The molecule has 2 heterocycles. The number of rotatable bonds is 4. The third-order valence-electron chi connectivity index (χ3n) is 5.08. The van der Waals surface area contributed by atoms with E-state index in [9.17, 15) is 26.7 Å². The Labute approximate surface area is 182 Å². The van der Waals surface area contributed by atoms with Crippen molar-refractivity contribution in [2.75, 3.05) is 37.7 Å². The molecule has 0 aliphatic carbocycles. The van der Waals surface area contributed by atoms with Crippen LogP contribution in [0.3, 0.4) is 0 Å². The Morgan fingerprint density at radius 3 is 2.39 bits per heavy atom. The van der Waals surface area contributed by atoms with Crippen molar-refractivity contribution in [1.29, 1.82) is 0 Å². The zero-order valence-electron chi connectivity index (χ0n) is 16.6. The summed E-state index contributed by atoms with van der Waals surface area (Å²) in [5.74, 6) is 5.06. The van der Waals surface area contributed by atoms with Crippen molar-refractivity contribution < 1.29 is 31.8 Å². The van der Waals surface area contributed by atoms with Gasteiger partial charge in [-0.05, 0) is 36.1 Å². The zero-order chi connectivity index (χ0) is 22.9. The first-order valence-corrected chi connectivity index (χ1v) is 11.6. The number of benzene rings is 1. The molecule has 1 aliphatic rings. The second kappa shape index (κ2) is 8.80. The summed E-state index contributed by atoms with van der Waals surface area (Å²) >= 11 is 1.14. The molecule has 1 atom stereocenters. The molecule has 0 saturated carbocycles. The van der Waals surface area contributed by atoms with Gasteiger partial charge in [0.1, 0.15) is 10.8 Å². The summed E-state index contributed by atoms with van der Waals surface area (Å²) < 4.78 is 66.7. The summed E-state index contributed by atoms with van der Waals surface area (Å²) in [5.41, 5.74) is -2.71. The standard InChI is InChI=1S/C20H21F3N2O4S2/c1-19(27,20(21,22)23)16-6-7-17(15(14-16)4-2-12-26)24-8-10-25(11-9-24)31(28,29)18-5-3-13-30-18/h3,5-7,13-14,26-27H,8-12H2,1H3. The number of alkyl halides is 3. The molecule has 2 N–H and O–H groups in total. The van der Waals surface area contributed by atoms with E-state index in [4.69, 9.17) is 5.11 Å². The van der Waals surface area contributed by atoms with E-state index in [1.807, 2.05) is 4.90 Å². The second-order valence-corrected chi connectivity index (χ2v) is 10.2. The number of piperazine rings is 1. The highest BCUT2D eigenvalue weighted by molar-refractivity contribution is 7.91. The molecule has 6 nitrogen and oxygen atoms in total. The maximum absolute atomic E-state index is 13.2. The van der Waals surface area contributed by atoms with Gasteiger partial charge in [-0.2, -0.15) is 17.5 Å². The van der Waals surface area contributed by atoms with Gasteiger partial charge in [-0.1, -0.05) is 24.0 Å². The lowest BCUT2D eigenvalue weighted by molar-refractivity contribution is -0.258. The molecule has 1 fully saturated rings. The number of anilines is 1. The Morgan fingerprint density at radius 2 is 1.84 bits per heavy atom. The molecule has 168 valence electrons. The lowest BCUT2D eigenvalue weighted by atomic mass is 9.93. The number of hydrogen-bond acceptors (Lipinski definition) is 6. The summed E-state index contributed by atoms with van der Waals surface area (Å²) in [6, 6.07) is 6.97. The van der Waals surface area contributed by atoms with Crippen molar-refractivity contribution in [1.82, 2.24) is 4.31 Å². The number of nitrogens with zero attached hydrogens (tertiary/aromatic N) is 2. The Hall–Kier alpha value is -2.10. The average Bonchev–Trinajstić information content (AvgIpc) is 3.27. The Morgan fingerprint density at radius 1 is 1.16 bits per heavy atom. The minimum atomic E-state index is -4.88. The van der Waals surface area contributed by atoms with Gasteiger partial charge < -0.3 is 15.1 Å². The van der Waals surface area contributed by atoms with Crippen molar-refractivity contribution in [2.45, 2.75) is 22.9 Å². The highest BCUT2D eigenvalue weighted by Gasteiger charge is 2.51. The maximum atomic E-state index is 13.2. The molecule has 0 amide bonds. The average molecular weight is 475 g/mol. The minimum absolute atomic E-state index is 0.203. The zero-order valence-corrected chi connectivity index (χ0v) is 18.2. The van der Waals surface area contributed by atoms with Crippen LogP contribution in [0.1, 0.15) is 18.1 Å². The van der Waals surface area contributed by atoms with Crippen LogP contribution in [0.4, 0.5) is 18.9 Å². The Kier molecular flexibility index (Phi) is 6.69. The summed E-state index contributed by atoms with van der Waals surface area (Å²) in [5, 5.41) is 20.7. The van der Waals surface area contributed by atoms with Crippen molar-refractivity contribution in [2.24, 2.45) is 0 Å². The first-order chi connectivity index (χ1) is 14.5. The van der Waals surface area contributed by atoms with E-state index in [1.54, 1.807) is 17.5 Å². The van der Waals surface area contributed by atoms with Gasteiger partial charge in [0, 0.05) is 31.7 Å². The molecule has 0 radical (unpaired) electrons. The fourth-order valence-electron chi connectivity index (χ4n) is 3.22. The summed E-state index contributed by atoms with van der Waals surface area (Å²) in [6.45, 7) is 1.22. The van der Waals surface area contributed by atoms with Crippen LogP contribution in [0.2, 0.25) is 0 Å². The molecular weight excluding hydrogens is 453 g/mol. The van der Waals surface area contributed by atoms with Crippen LogP contribution < -0.4 is 4.90 Å². The number of hydrogen-bond donors (Lipinski definition) is 2. The predicted molar refractivity (Wildman–Crippen MR) is 111 cm³/mol. The molecule has 11 heteroatoms. The lowest BCUT2D eigenvalue weighted by Gasteiger charge is -2.36. The lowest BCUT2D eigenvalue weighted by Crippen LogP contribution is -2.48. The van der Waals surface area contributed by atoms with E-state index in [0.29, 0.717) is 25.7 Å². The van der Waals surface area contributed by atoms with Crippen LogP contribution in [0.25, 0.3) is 0 Å². The number of aliphatic hydroxyl groups excluding tert-OH is 1. The first kappa shape index (κ1) is 23.6. The highest BCUT2D eigenvalue weighted by atomic mass is 32.2. The van der Waals surface area contributed by atoms with Crippen LogP contribution >= 0.6 is 11.3 Å². The molecule has 1 aromatic heterocycles. The van der Waals surface area contributed by atoms with Gasteiger partial charge in [0.2, 0.25) is 0 Å². The fraction of sp³-hybridized carbons (Fsp3) is 0.400. The number of aliphatic hydroxyl groups is 2. The molecule has 3 rings (SSSR count). The molecule has 1 aliphatic heterocycles. The van der Waals surface area contributed by atoms with Crippen LogP contribution in [-0.2, 0) is 15.6 Å². The van der Waals surface area contributed by atoms with Crippen LogP contribution in [-0.4, -0.2) is 61.9 Å². The number of sulfonamides is 1. The van der Waals surface area contributed by atoms with Crippen LogP contribution in [0, 0.1) is 11.8 Å². The summed E-state index contributed by atoms with van der Waals surface area (Å²) in [4.78, 5) is 1.83. The van der Waals surface area contributed by atoms with E-state index < -0.39 is 28.4 Å². The molecule has 0 spiro atoms. The second-order valence-electron chi connectivity index (χ2n) is 7.09. The monoisotopic (exact) mass is 474 g/mol. The fourth-order valence-corrected chi connectivity index (χ4v) is 5.79. The van der Waals surface area contributed by atoms with E-state index in [0.717, 1.165) is 17.4 Å². The van der Waals surface area contributed by atoms with E-state index in [2.05, 4.69) is 11.8 Å². The molecular formula is C20H21F3N2O4S2. The van der Waals surface area contributed by atoms with E-state index in [1.165, 1.54) is 16.4 Å². The Balaban J connectivity index is 1.86. The van der Waals surface area contributed by atoms with Crippen molar-refractivity contribution in [3.8, 4) is 11.8 Å². The maximum Gasteiger partial charge on any atom is 0.421 e. The summed E-state index contributed by atoms with van der Waals surface area (Å²) in [6.07, 6.45) is -4.88. The smallest absolute Gasteiger partial charge is 0.384 e. The van der Waals surface area contributed by atoms with Gasteiger partial charge in [0.05, 0.1) is 5.69 Å². The van der Waals surface area contributed by atoms with Gasteiger partial charge in [-0.25, -0.2) is 8.42 Å². The molecule has 1 aromatic carbocycles. The van der Waals surface area contributed by atoms with Crippen molar-refractivity contribution in [3.63, 3.8) is 0 Å². The van der Waals surface area contributed by atoms with E-state index >= 15 is 0 Å². The number of thiophene rings is 1. The van der Waals surface area contributed by atoms with Crippen molar-refractivity contribution >= 4 is 27.0 Å². The van der Waals surface area contributed by atoms with Crippen molar-refractivity contribution in [3.05, 3.63) is 46.8 Å². The van der Waals surface area contributed by atoms with Gasteiger partial charge in [-0.3, -0.25) is 0 Å². The van der Waals surface area contributed by atoms with E-state index in [-0.39, 0.29) is 28.4 Å². The molecule has 1 saturated heterocycles. The number of halogens is 3.